The Morgan fingerprint density at radius 3 is 2.65 bits per heavy atom. The third-order valence-electron chi connectivity index (χ3n) is 6.70. The second-order valence-corrected chi connectivity index (χ2v) is 8.83. The van der Waals surface area contributed by atoms with Gasteiger partial charge in [-0.25, -0.2) is 9.48 Å². The molecule has 2 N–H and O–H groups in total. The van der Waals surface area contributed by atoms with Crippen molar-refractivity contribution >= 4 is 23.7 Å². The summed E-state index contributed by atoms with van der Waals surface area (Å²) < 4.78 is 1.68. The molecule has 1 saturated heterocycles. The SMILES string of the molecule is CCc1ccc(Cn2nccc2NC(=O)CN2C(=O)NC3(CCCc4ccccc43)C2=O)cc1. The van der Waals surface area contributed by atoms with Crippen LogP contribution < -0.4 is 10.6 Å². The fourth-order valence-electron chi connectivity index (χ4n) is 4.90. The number of aromatic nitrogens is 2. The summed E-state index contributed by atoms with van der Waals surface area (Å²) in [4.78, 5) is 40.0. The van der Waals surface area contributed by atoms with Crippen molar-refractivity contribution in [1.82, 2.24) is 20.0 Å². The number of urea groups is 1. The smallest absolute Gasteiger partial charge is 0.319 e. The topological polar surface area (TPSA) is 96.3 Å². The zero-order valence-electron chi connectivity index (χ0n) is 19.1. The van der Waals surface area contributed by atoms with E-state index in [0.29, 0.717) is 18.8 Å². The minimum Gasteiger partial charge on any atom is -0.319 e. The summed E-state index contributed by atoms with van der Waals surface area (Å²) in [5.41, 5.74) is 3.12. The number of carbonyl (C=O) groups excluding carboxylic acids is 3. The molecule has 34 heavy (non-hydrogen) atoms. The number of aryl methyl sites for hydroxylation is 2. The van der Waals surface area contributed by atoms with E-state index >= 15 is 0 Å². The number of hydrogen-bond donors (Lipinski definition) is 2. The highest BCUT2D eigenvalue weighted by molar-refractivity contribution is 6.10. The van der Waals surface area contributed by atoms with Gasteiger partial charge in [-0.2, -0.15) is 5.10 Å². The second-order valence-electron chi connectivity index (χ2n) is 8.83. The number of benzene rings is 2. The summed E-state index contributed by atoms with van der Waals surface area (Å²) in [6.45, 7) is 2.25. The molecular formula is C26H27N5O3. The van der Waals surface area contributed by atoms with Crippen molar-refractivity contribution in [3.63, 3.8) is 0 Å². The molecule has 4 amide bonds. The summed E-state index contributed by atoms with van der Waals surface area (Å²) in [5, 5.41) is 9.99. The zero-order chi connectivity index (χ0) is 23.7. The van der Waals surface area contributed by atoms with Gasteiger partial charge in [0.15, 0.2) is 0 Å². The van der Waals surface area contributed by atoms with E-state index in [1.807, 2.05) is 36.4 Å². The molecule has 3 aromatic rings. The largest absolute Gasteiger partial charge is 0.325 e. The first-order valence-electron chi connectivity index (χ1n) is 11.6. The molecule has 5 rings (SSSR count). The van der Waals surface area contributed by atoms with Gasteiger partial charge in [-0.1, -0.05) is 55.5 Å². The van der Waals surface area contributed by atoms with E-state index in [-0.39, 0.29) is 12.5 Å². The molecule has 1 spiro atoms. The standard InChI is InChI=1S/C26H27N5O3/c1-2-18-9-11-19(12-10-18)16-31-22(13-15-27-31)28-23(32)17-30-24(33)26(29-25(30)34)14-5-7-20-6-3-4-8-21(20)26/h3-4,6,8-13,15H,2,5,7,14,16-17H2,1H3,(H,28,32)(H,29,34). The number of nitrogens with zero attached hydrogens (tertiary/aromatic N) is 3. The van der Waals surface area contributed by atoms with Gasteiger partial charge < -0.3 is 10.6 Å². The lowest BCUT2D eigenvalue weighted by molar-refractivity contribution is -0.134. The van der Waals surface area contributed by atoms with Gasteiger partial charge >= 0.3 is 6.03 Å². The molecule has 0 saturated carbocycles. The number of nitrogens with one attached hydrogen (secondary N) is 2. The molecule has 8 heteroatoms. The average molecular weight is 458 g/mol. The van der Waals surface area contributed by atoms with E-state index < -0.39 is 17.5 Å². The number of hydrogen-bond acceptors (Lipinski definition) is 4. The predicted octanol–water partition coefficient (Wildman–Crippen LogP) is 3.22. The van der Waals surface area contributed by atoms with Gasteiger partial charge in [-0.3, -0.25) is 14.5 Å². The molecular weight excluding hydrogens is 430 g/mol. The minimum absolute atomic E-state index is 0.356. The lowest BCUT2D eigenvalue weighted by Gasteiger charge is -2.33. The molecule has 1 fully saturated rings. The van der Waals surface area contributed by atoms with Gasteiger partial charge in [0.05, 0.1) is 12.7 Å². The van der Waals surface area contributed by atoms with Crippen molar-refractivity contribution in [2.75, 3.05) is 11.9 Å². The fourth-order valence-corrected chi connectivity index (χ4v) is 4.90. The number of amides is 4. The van der Waals surface area contributed by atoms with E-state index in [1.54, 1.807) is 16.9 Å². The van der Waals surface area contributed by atoms with Crippen LogP contribution in [-0.4, -0.2) is 39.1 Å². The lowest BCUT2D eigenvalue weighted by atomic mass is 9.76. The van der Waals surface area contributed by atoms with Gasteiger partial charge in [0.2, 0.25) is 5.91 Å². The van der Waals surface area contributed by atoms with Crippen LogP contribution >= 0.6 is 0 Å². The summed E-state index contributed by atoms with van der Waals surface area (Å²) in [6, 6.07) is 17.1. The first kappa shape index (κ1) is 21.9. The molecule has 8 nitrogen and oxygen atoms in total. The van der Waals surface area contributed by atoms with E-state index in [1.165, 1.54) is 5.56 Å². The third kappa shape index (κ3) is 3.85. The molecule has 2 aliphatic rings. The summed E-state index contributed by atoms with van der Waals surface area (Å²) >= 11 is 0. The van der Waals surface area contributed by atoms with Crippen molar-refractivity contribution in [3.8, 4) is 0 Å². The van der Waals surface area contributed by atoms with Gasteiger partial charge in [0, 0.05) is 6.07 Å². The van der Waals surface area contributed by atoms with E-state index in [0.717, 1.165) is 40.9 Å². The molecule has 1 aromatic heterocycles. The van der Waals surface area contributed by atoms with Crippen molar-refractivity contribution in [3.05, 3.63) is 83.0 Å². The monoisotopic (exact) mass is 457 g/mol. The second kappa shape index (κ2) is 8.78. The number of imide groups is 1. The van der Waals surface area contributed by atoms with Crippen LogP contribution in [0.4, 0.5) is 10.6 Å². The van der Waals surface area contributed by atoms with Crippen LogP contribution in [0.25, 0.3) is 0 Å². The number of carbonyl (C=O) groups is 3. The zero-order valence-corrected chi connectivity index (χ0v) is 19.1. The van der Waals surface area contributed by atoms with E-state index in [9.17, 15) is 14.4 Å². The fraction of sp³-hybridized carbons (Fsp3) is 0.308. The summed E-state index contributed by atoms with van der Waals surface area (Å²) in [7, 11) is 0. The quantitative estimate of drug-likeness (QED) is 0.556. The van der Waals surface area contributed by atoms with Gasteiger partial charge in [0.1, 0.15) is 17.9 Å². The molecule has 1 aliphatic heterocycles. The maximum Gasteiger partial charge on any atom is 0.325 e. The first-order valence-corrected chi connectivity index (χ1v) is 11.6. The van der Waals surface area contributed by atoms with Gasteiger partial charge in [-0.15, -0.1) is 0 Å². The molecule has 0 radical (unpaired) electrons. The number of rotatable bonds is 6. The van der Waals surface area contributed by atoms with Crippen LogP contribution in [-0.2, 0) is 34.5 Å². The summed E-state index contributed by atoms with van der Waals surface area (Å²) in [6.07, 6.45) is 4.77. The first-order chi connectivity index (χ1) is 16.5. The van der Waals surface area contributed by atoms with Gasteiger partial charge in [-0.05, 0) is 47.9 Å². The van der Waals surface area contributed by atoms with Crippen LogP contribution in [0.3, 0.4) is 0 Å². The molecule has 2 aromatic carbocycles. The molecule has 1 aliphatic carbocycles. The highest BCUT2D eigenvalue weighted by Gasteiger charge is 2.54. The normalized spacial score (nSPS) is 19.3. The van der Waals surface area contributed by atoms with E-state index in [2.05, 4.69) is 34.8 Å². The van der Waals surface area contributed by atoms with Crippen LogP contribution in [0, 0.1) is 0 Å². The highest BCUT2D eigenvalue weighted by Crippen LogP contribution is 2.39. The van der Waals surface area contributed by atoms with Crippen molar-refractivity contribution in [2.45, 2.75) is 44.7 Å². The van der Waals surface area contributed by atoms with Crippen LogP contribution in [0.5, 0.6) is 0 Å². The predicted molar refractivity (Wildman–Crippen MR) is 127 cm³/mol. The minimum atomic E-state index is -1.08. The third-order valence-corrected chi connectivity index (χ3v) is 6.70. The Balaban J connectivity index is 1.28. The Hall–Kier alpha value is -3.94. The molecule has 2 heterocycles. The van der Waals surface area contributed by atoms with Crippen LogP contribution in [0.1, 0.15) is 42.0 Å². The Morgan fingerprint density at radius 2 is 1.85 bits per heavy atom. The van der Waals surface area contributed by atoms with Crippen LogP contribution in [0.2, 0.25) is 0 Å². The molecule has 1 unspecified atom stereocenters. The maximum absolute atomic E-state index is 13.4. The molecule has 0 bridgehead atoms. The number of anilines is 1. The van der Waals surface area contributed by atoms with Crippen molar-refractivity contribution in [1.29, 1.82) is 0 Å². The van der Waals surface area contributed by atoms with E-state index in [4.69, 9.17) is 0 Å². The van der Waals surface area contributed by atoms with Crippen molar-refractivity contribution in [2.24, 2.45) is 0 Å². The van der Waals surface area contributed by atoms with Crippen LogP contribution in [0.15, 0.2) is 60.8 Å². The average Bonchev–Trinajstić information content (AvgIpc) is 3.37. The van der Waals surface area contributed by atoms with Gasteiger partial charge in [0.25, 0.3) is 5.91 Å². The molecule has 1 atom stereocenters. The Morgan fingerprint density at radius 1 is 1.09 bits per heavy atom. The lowest BCUT2D eigenvalue weighted by Crippen LogP contribution is -2.47. The molecule has 174 valence electrons. The highest BCUT2D eigenvalue weighted by atomic mass is 16.2. The van der Waals surface area contributed by atoms with Crippen molar-refractivity contribution < 1.29 is 14.4 Å². The maximum atomic E-state index is 13.4. The Labute approximate surface area is 197 Å². The number of fused-ring (bicyclic) bond motifs is 2. The summed E-state index contributed by atoms with van der Waals surface area (Å²) in [5.74, 6) is -0.314. The Bertz CT molecular complexity index is 1250. The Kier molecular flexibility index (Phi) is 5.65.